The molecule has 0 atom stereocenters. The highest BCUT2D eigenvalue weighted by Crippen LogP contribution is 2.31. The fourth-order valence-corrected chi connectivity index (χ4v) is 1.75. The van der Waals surface area contributed by atoms with Crippen LogP contribution in [0.3, 0.4) is 0 Å². The molecule has 6 heteroatoms. The Morgan fingerprint density at radius 2 is 2.00 bits per heavy atom. The van der Waals surface area contributed by atoms with Gasteiger partial charge in [0.1, 0.15) is 11.5 Å². The Balaban J connectivity index is 2.61. The van der Waals surface area contributed by atoms with E-state index in [-0.39, 0.29) is 0 Å². The Morgan fingerprint density at radius 1 is 1.28 bits per heavy atom. The molecule has 0 aliphatic heterocycles. The van der Waals surface area contributed by atoms with Crippen LogP contribution in [0, 0.1) is 0 Å². The molecule has 0 unspecified atom stereocenters. The van der Waals surface area contributed by atoms with Crippen molar-refractivity contribution in [2.75, 3.05) is 0 Å². The molecule has 0 radical (unpaired) electrons. The lowest BCUT2D eigenvalue weighted by Crippen LogP contribution is -2.09. The molecule has 18 heavy (non-hydrogen) atoms. The van der Waals surface area contributed by atoms with Crippen molar-refractivity contribution in [3.63, 3.8) is 0 Å². The number of pyridine rings is 1. The molecule has 0 N–H and O–H groups in total. The number of rotatable bonds is 2. The van der Waals surface area contributed by atoms with Gasteiger partial charge in [0.15, 0.2) is 0 Å². The van der Waals surface area contributed by atoms with Gasteiger partial charge in [-0.2, -0.15) is 13.2 Å². The van der Waals surface area contributed by atoms with E-state index in [1.165, 1.54) is 6.20 Å². The van der Waals surface area contributed by atoms with Crippen LogP contribution in [-0.2, 0) is 19.6 Å². The molecule has 0 bridgehead atoms. The topological polar surface area (TPSA) is 30.7 Å². The molecule has 0 saturated heterocycles. The summed E-state index contributed by atoms with van der Waals surface area (Å²) in [6.07, 6.45) is 0.692. The molecule has 0 amide bonds. The maximum absolute atomic E-state index is 12.7. The molecular weight excluding hydrogens is 243 g/mol. The lowest BCUT2D eigenvalue weighted by Gasteiger charge is -2.11. The molecule has 2 aromatic heterocycles. The second-order valence-corrected chi connectivity index (χ2v) is 3.94. The Hall–Kier alpha value is -1.85. The van der Waals surface area contributed by atoms with Crippen molar-refractivity contribution in [1.82, 2.24) is 14.5 Å². The molecule has 0 aromatic carbocycles. The van der Waals surface area contributed by atoms with Gasteiger partial charge in [-0.25, -0.2) is 4.98 Å². The summed E-state index contributed by atoms with van der Waals surface area (Å²) in [5.41, 5.74) is 0.335. The summed E-state index contributed by atoms with van der Waals surface area (Å²) in [6, 6.07) is 1.06. The zero-order valence-corrected chi connectivity index (χ0v) is 9.99. The van der Waals surface area contributed by atoms with E-state index in [0.717, 1.165) is 11.6 Å². The van der Waals surface area contributed by atoms with Gasteiger partial charge in [-0.15, -0.1) is 0 Å². The van der Waals surface area contributed by atoms with E-state index < -0.39 is 11.9 Å². The molecule has 2 rings (SSSR count). The molecule has 0 aliphatic rings. The molecule has 2 aromatic rings. The summed E-state index contributed by atoms with van der Waals surface area (Å²) in [5.74, 6) is 0.514. The highest BCUT2D eigenvalue weighted by atomic mass is 19.4. The van der Waals surface area contributed by atoms with Gasteiger partial charge in [0.25, 0.3) is 0 Å². The van der Waals surface area contributed by atoms with Gasteiger partial charge in [0.05, 0.1) is 0 Å². The second-order valence-electron chi connectivity index (χ2n) is 3.94. The third kappa shape index (κ3) is 2.23. The first-order valence-electron chi connectivity index (χ1n) is 5.47. The van der Waals surface area contributed by atoms with Gasteiger partial charge in [-0.1, -0.05) is 6.92 Å². The zero-order chi connectivity index (χ0) is 13.3. The van der Waals surface area contributed by atoms with Crippen molar-refractivity contribution in [2.45, 2.75) is 19.5 Å². The lowest BCUT2D eigenvalue weighted by atomic mass is 10.1. The van der Waals surface area contributed by atoms with Gasteiger partial charge >= 0.3 is 6.18 Å². The first-order chi connectivity index (χ1) is 8.43. The third-order valence-corrected chi connectivity index (χ3v) is 2.72. The second kappa shape index (κ2) is 4.44. The van der Waals surface area contributed by atoms with Crippen LogP contribution in [0.2, 0.25) is 0 Å². The number of halogens is 3. The smallest absolute Gasteiger partial charge is 0.334 e. The van der Waals surface area contributed by atoms with E-state index in [1.807, 2.05) is 6.92 Å². The molecule has 0 spiro atoms. The van der Waals surface area contributed by atoms with Crippen LogP contribution >= 0.6 is 0 Å². The van der Waals surface area contributed by atoms with Crippen molar-refractivity contribution < 1.29 is 13.2 Å². The number of hydrogen-bond donors (Lipinski definition) is 0. The Labute approximate surface area is 102 Å². The Bertz CT molecular complexity index is 558. The van der Waals surface area contributed by atoms with Crippen LogP contribution in [0.5, 0.6) is 0 Å². The molecule has 0 saturated carbocycles. The Kier molecular flexibility index (Phi) is 3.11. The van der Waals surface area contributed by atoms with E-state index in [1.54, 1.807) is 24.0 Å². The summed E-state index contributed by atoms with van der Waals surface area (Å²) in [5, 5.41) is 0. The summed E-state index contributed by atoms with van der Waals surface area (Å²) in [4.78, 5) is 7.54. The Morgan fingerprint density at radius 3 is 2.50 bits per heavy atom. The monoisotopic (exact) mass is 255 g/mol. The lowest BCUT2D eigenvalue weighted by molar-refractivity contribution is -0.141. The average molecular weight is 255 g/mol. The van der Waals surface area contributed by atoms with E-state index >= 15 is 0 Å². The first-order valence-corrected chi connectivity index (χ1v) is 5.47. The summed E-state index contributed by atoms with van der Waals surface area (Å²) >= 11 is 0. The van der Waals surface area contributed by atoms with Gasteiger partial charge in [0.2, 0.25) is 0 Å². The quantitative estimate of drug-likeness (QED) is 0.825. The van der Waals surface area contributed by atoms with Crippen LogP contribution in [-0.4, -0.2) is 14.5 Å². The molecule has 96 valence electrons. The molecule has 0 aliphatic carbocycles. The maximum Gasteiger partial charge on any atom is 0.433 e. The third-order valence-electron chi connectivity index (χ3n) is 2.72. The van der Waals surface area contributed by atoms with Gasteiger partial charge < -0.3 is 4.57 Å². The highest BCUT2D eigenvalue weighted by Gasteiger charge is 2.33. The normalized spacial score (nSPS) is 11.8. The van der Waals surface area contributed by atoms with Crippen LogP contribution in [0.25, 0.3) is 11.4 Å². The fourth-order valence-electron chi connectivity index (χ4n) is 1.75. The summed E-state index contributed by atoms with van der Waals surface area (Å²) < 4.78 is 39.7. The van der Waals surface area contributed by atoms with E-state index in [0.29, 0.717) is 17.8 Å². The van der Waals surface area contributed by atoms with Crippen LogP contribution < -0.4 is 0 Å². The van der Waals surface area contributed by atoms with Gasteiger partial charge in [-0.05, 0) is 18.1 Å². The number of aryl methyl sites for hydroxylation is 2. The van der Waals surface area contributed by atoms with Crippen molar-refractivity contribution in [3.05, 3.63) is 35.9 Å². The summed E-state index contributed by atoms with van der Waals surface area (Å²) in [6.45, 7) is 1.87. The summed E-state index contributed by atoms with van der Waals surface area (Å²) in [7, 11) is 1.75. The van der Waals surface area contributed by atoms with Crippen molar-refractivity contribution in [1.29, 1.82) is 0 Å². The van der Waals surface area contributed by atoms with E-state index in [2.05, 4.69) is 9.97 Å². The first kappa shape index (κ1) is 12.6. The van der Waals surface area contributed by atoms with Gasteiger partial charge in [-0.3, -0.25) is 4.98 Å². The molecule has 2 heterocycles. The highest BCUT2D eigenvalue weighted by molar-refractivity contribution is 5.61. The predicted octanol–water partition coefficient (Wildman–Crippen LogP) is 3.06. The average Bonchev–Trinajstić information content (AvgIpc) is 2.73. The molecular formula is C12H12F3N3. The minimum atomic E-state index is -4.44. The molecule has 3 nitrogen and oxygen atoms in total. The van der Waals surface area contributed by atoms with Crippen molar-refractivity contribution in [3.8, 4) is 11.4 Å². The van der Waals surface area contributed by atoms with Crippen LogP contribution in [0.4, 0.5) is 13.2 Å². The minimum absolute atomic E-state index is 0.479. The van der Waals surface area contributed by atoms with E-state index in [4.69, 9.17) is 0 Å². The standard InChI is InChI=1S/C12H12F3N3/c1-3-8-7-17-10(12(13,14)15)6-9(8)11-16-4-5-18(11)2/h4-7H,3H2,1-2H3. The maximum atomic E-state index is 12.7. The minimum Gasteiger partial charge on any atom is -0.334 e. The fraction of sp³-hybridized carbons (Fsp3) is 0.333. The number of hydrogen-bond acceptors (Lipinski definition) is 2. The predicted molar refractivity (Wildman–Crippen MR) is 60.8 cm³/mol. The van der Waals surface area contributed by atoms with Crippen molar-refractivity contribution in [2.24, 2.45) is 7.05 Å². The SMILES string of the molecule is CCc1cnc(C(F)(F)F)cc1-c1nccn1C. The van der Waals surface area contributed by atoms with Crippen molar-refractivity contribution >= 4 is 0 Å². The van der Waals surface area contributed by atoms with Gasteiger partial charge in [0, 0.05) is 31.2 Å². The van der Waals surface area contributed by atoms with Crippen LogP contribution in [0.1, 0.15) is 18.2 Å². The molecule has 0 fully saturated rings. The zero-order valence-electron chi connectivity index (χ0n) is 9.99. The number of alkyl halides is 3. The number of aromatic nitrogens is 3. The van der Waals surface area contributed by atoms with Crippen LogP contribution in [0.15, 0.2) is 24.7 Å². The number of nitrogens with zero attached hydrogens (tertiary/aromatic N) is 3. The largest absolute Gasteiger partial charge is 0.433 e. The van der Waals surface area contributed by atoms with E-state index in [9.17, 15) is 13.2 Å². The number of imidazole rings is 1.